The van der Waals surface area contributed by atoms with E-state index >= 15 is 0 Å². The molecular formula is C24H29ClN4O2. The molecule has 1 aromatic carbocycles. The molecule has 1 aliphatic rings. The Kier molecular flexibility index (Phi) is 6.78. The molecule has 4 rings (SSSR count). The van der Waals surface area contributed by atoms with Crippen LogP contribution in [0.2, 0.25) is 5.02 Å². The Morgan fingerprint density at radius 1 is 1.26 bits per heavy atom. The van der Waals surface area contributed by atoms with E-state index in [-0.39, 0.29) is 5.91 Å². The fourth-order valence-corrected chi connectivity index (χ4v) is 4.29. The number of furan rings is 1. The zero-order chi connectivity index (χ0) is 21.8. The van der Waals surface area contributed by atoms with Gasteiger partial charge in [0.1, 0.15) is 17.1 Å². The smallest absolute Gasteiger partial charge is 0.270 e. The second kappa shape index (κ2) is 9.71. The Bertz CT molecular complexity index is 1040. The average molecular weight is 441 g/mol. The van der Waals surface area contributed by atoms with Crippen LogP contribution in [0.25, 0.3) is 17.1 Å². The molecule has 6 nitrogen and oxygen atoms in total. The Morgan fingerprint density at radius 2 is 2.13 bits per heavy atom. The maximum Gasteiger partial charge on any atom is 0.270 e. The number of aromatic nitrogens is 2. The number of carbonyl (C=O) groups is 1. The van der Waals surface area contributed by atoms with Crippen LogP contribution in [-0.2, 0) is 0 Å². The molecule has 164 valence electrons. The normalized spacial score (nSPS) is 17.1. The number of aryl methyl sites for hydroxylation is 1. The quantitative estimate of drug-likeness (QED) is 0.520. The molecule has 0 radical (unpaired) electrons. The van der Waals surface area contributed by atoms with E-state index in [1.807, 2.05) is 31.2 Å². The van der Waals surface area contributed by atoms with Gasteiger partial charge >= 0.3 is 0 Å². The van der Waals surface area contributed by atoms with Gasteiger partial charge in [0.05, 0.1) is 5.69 Å². The van der Waals surface area contributed by atoms with Gasteiger partial charge in [-0.15, -0.1) is 0 Å². The average Bonchev–Trinajstić information content (AvgIpc) is 3.39. The van der Waals surface area contributed by atoms with Gasteiger partial charge in [-0.3, -0.25) is 4.79 Å². The van der Waals surface area contributed by atoms with Gasteiger partial charge in [0.2, 0.25) is 0 Å². The molecule has 1 atom stereocenters. The molecule has 0 saturated carbocycles. The third kappa shape index (κ3) is 5.20. The van der Waals surface area contributed by atoms with Crippen LogP contribution in [0.1, 0.15) is 48.9 Å². The molecule has 1 saturated heterocycles. The molecule has 1 fully saturated rings. The lowest BCUT2D eigenvalue weighted by atomic mass is 10.0. The van der Waals surface area contributed by atoms with Crippen LogP contribution in [0, 0.1) is 6.92 Å². The van der Waals surface area contributed by atoms with Crippen LogP contribution in [-0.4, -0.2) is 46.3 Å². The van der Waals surface area contributed by atoms with Crippen molar-refractivity contribution in [3.05, 3.63) is 58.9 Å². The van der Waals surface area contributed by atoms with Gasteiger partial charge < -0.3 is 14.6 Å². The van der Waals surface area contributed by atoms with E-state index in [0.717, 1.165) is 31.0 Å². The van der Waals surface area contributed by atoms with Gasteiger partial charge in [-0.05, 0) is 70.0 Å². The van der Waals surface area contributed by atoms with Gasteiger partial charge in [-0.1, -0.05) is 24.1 Å². The summed E-state index contributed by atoms with van der Waals surface area (Å²) in [5.41, 5.74) is 1.80. The Hall–Kier alpha value is -2.57. The summed E-state index contributed by atoms with van der Waals surface area (Å²) in [7, 11) is 0. The monoisotopic (exact) mass is 440 g/mol. The Morgan fingerprint density at radius 3 is 2.87 bits per heavy atom. The van der Waals surface area contributed by atoms with E-state index in [4.69, 9.17) is 16.0 Å². The van der Waals surface area contributed by atoms with E-state index < -0.39 is 0 Å². The fraction of sp³-hybridized carbons (Fsp3) is 0.417. The van der Waals surface area contributed by atoms with Gasteiger partial charge in [-0.2, -0.15) is 5.10 Å². The minimum atomic E-state index is -0.159. The Balaban J connectivity index is 1.49. The van der Waals surface area contributed by atoms with Crippen molar-refractivity contribution in [2.45, 2.75) is 45.6 Å². The first-order chi connectivity index (χ1) is 15.0. The number of benzene rings is 1. The van der Waals surface area contributed by atoms with Crippen molar-refractivity contribution in [2.75, 3.05) is 19.6 Å². The first-order valence-corrected chi connectivity index (χ1v) is 11.3. The van der Waals surface area contributed by atoms with Crippen molar-refractivity contribution < 1.29 is 9.21 Å². The van der Waals surface area contributed by atoms with Gasteiger partial charge in [0.25, 0.3) is 5.91 Å². The lowest BCUT2D eigenvalue weighted by molar-refractivity contribution is 0.0941. The van der Waals surface area contributed by atoms with Gasteiger partial charge in [0, 0.05) is 30.2 Å². The highest BCUT2D eigenvalue weighted by Crippen LogP contribution is 2.25. The molecule has 0 spiro atoms. The highest BCUT2D eigenvalue weighted by molar-refractivity contribution is 6.30. The van der Waals surface area contributed by atoms with E-state index in [1.165, 1.54) is 19.3 Å². The van der Waals surface area contributed by atoms with Crippen LogP contribution < -0.4 is 5.32 Å². The number of piperidine rings is 1. The van der Waals surface area contributed by atoms with Crippen molar-refractivity contribution in [3.63, 3.8) is 0 Å². The second-order valence-electron chi connectivity index (χ2n) is 8.21. The minimum Gasteiger partial charge on any atom is -0.460 e. The molecule has 7 heteroatoms. The number of amides is 1. The predicted molar refractivity (Wildman–Crippen MR) is 123 cm³/mol. The molecule has 3 heterocycles. The number of likely N-dealkylation sites (tertiary alicyclic amines) is 1. The van der Waals surface area contributed by atoms with Crippen molar-refractivity contribution in [3.8, 4) is 17.1 Å². The summed E-state index contributed by atoms with van der Waals surface area (Å²) in [5, 5.41) is 8.28. The number of halogens is 1. The lowest BCUT2D eigenvalue weighted by Gasteiger charge is -2.33. The molecule has 1 aliphatic heterocycles. The topological polar surface area (TPSA) is 63.3 Å². The molecule has 1 unspecified atom stereocenters. The molecule has 1 amide bonds. The van der Waals surface area contributed by atoms with Crippen molar-refractivity contribution in [1.82, 2.24) is 20.0 Å². The third-order valence-electron chi connectivity index (χ3n) is 5.84. The fourth-order valence-electron chi connectivity index (χ4n) is 4.10. The van der Waals surface area contributed by atoms with E-state index in [1.54, 1.807) is 22.9 Å². The number of carbonyl (C=O) groups excluding carboxylic acids is 1. The first-order valence-electron chi connectivity index (χ1n) is 11.0. The number of hydrogen-bond donors (Lipinski definition) is 1. The predicted octanol–water partition coefficient (Wildman–Crippen LogP) is 5.09. The number of rotatable bonds is 7. The summed E-state index contributed by atoms with van der Waals surface area (Å²) in [6.45, 7) is 6.96. The molecule has 3 aromatic rings. The first kappa shape index (κ1) is 21.7. The van der Waals surface area contributed by atoms with Crippen LogP contribution in [0.4, 0.5) is 0 Å². The van der Waals surface area contributed by atoms with E-state index in [9.17, 15) is 4.79 Å². The second-order valence-corrected chi connectivity index (χ2v) is 8.64. The molecule has 1 N–H and O–H groups in total. The van der Waals surface area contributed by atoms with Crippen molar-refractivity contribution in [1.29, 1.82) is 0 Å². The Labute approximate surface area is 188 Å². The minimum absolute atomic E-state index is 0.159. The SMILES string of the molecule is Cc1ccc(-c2cc(C(=O)NCCCN3CCCCC3C)n(-c3cccc(Cl)c3)n2)o1. The number of nitrogens with one attached hydrogen (secondary N) is 1. The standard InChI is InChI=1S/C24H29ClN4O2/c1-17-7-3-4-13-28(17)14-6-12-26-24(30)22-16-21(23-11-10-18(2)31-23)27-29(22)20-9-5-8-19(25)15-20/h5,8-11,15-17H,3-4,6-7,12-14H2,1-2H3,(H,26,30). The van der Waals surface area contributed by atoms with Crippen LogP contribution in [0.15, 0.2) is 46.9 Å². The van der Waals surface area contributed by atoms with Crippen molar-refractivity contribution >= 4 is 17.5 Å². The lowest BCUT2D eigenvalue weighted by Crippen LogP contribution is -2.39. The highest BCUT2D eigenvalue weighted by Gasteiger charge is 2.20. The van der Waals surface area contributed by atoms with Crippen LogP contribution in [0.5, 0.6) is 0 Å². The number of nitrogens with zero attached hydrogens (tertiary/aromatic N) is 3. The van der Waals surface area contributed by atoms with Gasteiger partial charge in [0.15, 0.2) is 5.76 Å². The molecular weight excluding hydrogens is 412 g/mol. The molecule has 31 heavy (non-hydrogen) atoms. The molecule has 0 aliphatic carbocycles. The van der Waals surface area contributed by atoms with Crippen LogP contribution in [0.3, 0.4) is 0 Å². The summed E-state index contributed by atoms with van der Waals surface area (Å²) >= 11 is 6.18. The third-order valence-corrected chi connectivity index (χ3v) is 6.07. The zero-order valence-electron chi connectivity index (χ0n) is 18.1. The van der Waals surface area contributed by atoms with Crippen LogP contribution >= 0.6 is 11.6 Å². The maximum absolute atomic E-state index is 13.0. The summed E-state index contributed by atoms with van der Waals surface area (Å²) in [5.74, 6) is 1.27. The molecule has 2 aromatic heterocycles. The zero-order valence-corrected chi connectivity index (χ0v) is 18.9. The largest absolute Gasteiger partial charge is 0.460 e. The van der Waals surface area contributed by atoms with Crippen molar-refractivity contribution in [2.24, 2.45) is 0 Å². The summed E-state index contributed by atoms with van der Waals surface area (Å²) in [6, 6.07) is 13.5. The van der Waals surface area contributed by atoms with Gasteiger partial charge in [-0.25, -0.2) is 4.68 Å². The highest BCUT2D eigenvalue weighted by atomic mass is 35.5. The summed E-state index contributed by atoms with van der Waals surface area (Å²) in [4.78, 5) is 15.6. The maximum atomic E-state index is 13.0. The summed E-state index contributed by atoms with van der Waals surface area (Å²) in [6.07, 6.45) is 4.77. The van der Waals surface area contributed by atoms with E-state index in [2.05, 4.69) is 22.2 Å². The summed E-state index contributed by atoms with van der Waals surface area (Å²) < 4.78 is 7.34. The van der Waals surface area contributed by atoms with E-state index in [0.29, 0.717) is 34.8 Å². The number of hydrogen-bond acceptors (Lipinski definition) is 4. The molecule has 0 bridgehead atoms.